The number of nitrogens with zero attached hydrogens (tertiary/aromatic N) is 3. The van der Waals surface area contributed by atoms with Gasteiger partial charge < -0.3 is 15.4 Å². The van der Waals surface area contributed by atoms with Gasteiger partial charge in [0.1, 0.15) is 17.7 Å². The molecule has 0 aliphatic carbocycles. The molecule has 3 atom stereocenters. The van der Waals surface area contributed by atoms with Gasteiger partial charge in [0.2, 0.25) is 5.91 Å². The second kappa shape index (κ2) is 10.9. The van der Waals surface area contributed by atoms with E-state index in [-0.39, 0.29) is 29.5 Å². The first-order valence-corrected chi connectivity index (χ1v) is 11.1. The van der Waals surface area contributed by atoms with Crippen molar-refractivity contribution in [1.82, 2.24) is 15.6 Å². The first-order valence-electron chi connectivity index (χ1n) is 11.1. The lowest BCUT2D eigenvalue weighted by atomic mass is 10.0. The number of carbonyl (C=O) groups is 3. The van der Waals surface area contributed by atoms with Crippen LogP contribution in [0.1, 0.15) is 31.9 Å². The number of amides is 3. The van der Waals surface area contributed by atoms with Gasteiger partial charge in [-0.15, -0.1) is 0 Å². The van der Waals surface area contributed by atoms with Crippen LogP contribution < -0.4 is 20.9 Å². The number of hydrogen-bond donors (Lipinski definition) is 3. The average molecular weight is 483 g/mol. The fraction of sp³-hybridized carbons (Fsp3) is 0.375. The van der Waals surface area contributed by atoms with Gasteiger partial charge in [-0.3, -0.25) is 19.8 Å². The maximum Gasteiger partial charge on any atom is 0.413 e. The molecule has 2 heterocycles. The van der Waals surface area contributed by atoms with Crippen LogP contribution in [0.5, 0.6) is 0 Å². The molecule has 10 nitrogen and oxygen atoms in total. The van der Waals surface area contributed by atoms with Crippen molar-refractivity contribution in [2.75, 3.05) is 17.3 Å². The fourth-order valence-electron chi connectivity index (χ4n) is 3.58. The second-order valence-corrected chi connectivity index (χ2v) is 8.43. The van der Waals surface area contributed by atoms with Crippen LogP contribution in [-0.2, 0) is 20.7 Å². The number of pyridine rings is 1. The number of nitrogens with one attached hydrogen (secondary N) is 3. The van der Waals surface area contributed by atoms with Crippen LogP contribution in [-0.4, -0.2) is 48.3 Å². The molecular weight excluding hydrogens is 455 g/mol. The van der Waals surface area contributed by atoms with E-state index >= 15 is 0 Å². The molecule has 184 valence electrons. The monoisotopic (exact) mass is 482 g/mol. The fourth-order valence-corrected chi connectivity index (χ4v) is 3.58. The zero-order valence-electron chi connectivity index (χ0n) is 19.8. The van der Waals surface area contributed by atoms with E-state index in [0.717, 1.165) is 6.07 Å². The molecule has 1 aliphatic rings. The topological polar surface area (TPSA) is 136 Å². The molecule has 0 saturated heterocycles. The number of nitriles is 1. The summed E-state index contributed by atoms with van der Waals surface area (Å²) < 4.78 is 19.7. The number of likely N-dealkylation sites (N-methyl/N-ethyl adjacent to an activating group) is 1. The highest BCUT2D eigenvalue weighted by molar-refractivity contribution is 6.01. The van der Waals surface area contributed by atoms with Crippen LogP contribution in [0.2, 0.25) is 0 Å². The van der Waals surface area contributed by atoms with Crippen molar-refractivity contribution in [1.29, 1.82) is 5.26 Å². The van der Waals surface area contributed by atoms with Crippen molar-refractivity contribution < 1.29 is 23.5 Å². The molecular formula is C24H27FN6O4. The van der Waals surface area contributed by atoms with Crippen molar-refractivity contribution in [3.05, 3.63) is 53.5 Å². The molecule has 35 heavy (non-hydrogen) atoms. The number of fused-ring (bicyclic) bond motifs is 1. The molecule has 3 amide bonds. The Bertz CT molecular complexity index is 1160. The smallest absolute Gasteiger partial charge is 0.413 e. The lowest BCUT2D eigenvalue weighted by Gasteiger charge is -2.31. The van der Waals surface area contributed by atoms with Gasteiger partial charge in [-0.25, -0.2) is 14.2 Å². The molecule has 1 aromatic carbocycles. The van der Waals surface area contributed by atoms with Crippen LogP contribution >= 0.6 is 0 Å². The van der Waals surface area contributed by atoms with E-state index in [1.54, 1.807) is 40.0 Å². The van der Waals surface area contributed by atoms with E-state index in [4.69, 9.17) is 10.00 Å². The van der Waals surface area contributed by atoms with Crippen molar-refractivity contribution >= 4 is 29.4 Å². The lowest BCUT2D eigenvalue weighted by molar-refractivity contribution is -0.130. The summed E-state index contributed by atoms with van der Waals surface area (Å²) in [5.41, 5.74) is 0.611. The predicted octanol–water partition coefficient (Wildman–Crippen LogP) is 2.30. The molecule has 0 spiro atoms. The van der Waals surface area contributed by atoms with Gasteiger partial charge in [-0.2, -0.15) is 5.26 Å². The Labute approximate surface area is 202 Å². The SMILES string of the molecule is CN[C@@H](C)C(=O)N[C@H](C(=O)N1c2ncccc2C[C@@H]1OC(=O)Nc1ccc(C#N)cc1F)C(C)C. The first kappa shape index (κ1) is 25.6. The summed E-state index contributed by atoms with van der Waals surface area (Å²) >= 11 is 0. The third kappa shape index (κ3) is 5.73. The highest BCUT2D eigenvalue weighted by Crippen LogP contribution is 2.32. The summed E-state index contributed by atoms with van der Waals surface area (Å²) in [5, 5.41) is 16.8. The number of halogens is 1. The molecule has 0 radical (unpaired) electrons. The van der Waals surface area contributed by atoms with Crippen LogP contribution in [0.25, 0.3) is 0 Å². The Morgan fingerprint density at radius 1 is 1.26 bits per heavy atom. The van der Waals surface area contributed by atoms with Crippen LogP contribution in [0.15, 0.2) is 36.5 Å². The van der Waals surface area contributed by atoms with Gasteiger partial charge in [0, 0.05) is 18.2 Å². The Morgan fingerprint density at radius 2 is 2.00 bits per heavy atom. The van der Waals surface area contributed by atoms with Crippen LogP contribution in [0.3, 0.4) is 0 Å². The van der Waals surface area contributed by atoms with Gasteiger partial charge in [0.05, 0.1) is 23.4 Å². The van der Waals surface area contributed by atoms with E-state index in [1.165, 1.54) is 23.2 Å². The molecule has 0 fully saturated rings. The summed E-state index contributed by atoms with van der Waals surface area (Å²) in [6.07, 6.45) is -0.365. The summed E-state index contributed by atoms with van der Waals surface area (Å²) in [4.78, 5) is 44.2. The molecule has 11 heteroatoms. The maximum atomic E-state index is 14.2. The van der Waals surface area contributed by atoms with E-state index in [1.807, 2.05) is 6.07 Å². The first-order chi connectivity index (χ1) is 16.7. The number of aromatic nitrogens is 1. The Balaban J connectivity index is 1.83. The van der Waals surface area contributed by atoms with Gasteiger partial charge in [0.25, 0.3) is 5.91 Å². The highest BCUT2D eigenvalue weighted by Gasteiger charge is 2.41. The summed E-state index contributed by atoms with van der Waals surface area (Å²) in [6.45, 7) is 5.25. The summed E-state index contributed by atoms with van der Waals surface area (Å²) in [7, 11) is 1.64. The van der Waals surface area contributed by atoms with Crippen molar-refractivity contribution in [2.45, 2.75) is 45.5 Å². The second-order valence-electron chi connectivity index (χ2n) is 8.43. The molecule has 1 aromatic heterocycles. The quantitative estimate of drug-likeness (QED) is 0.551. The van der Waals surface area contributed by atoms with Gasteiger partial charge in [-0.1, -0.05) is 19.9 Å². The van der Waals surface area contributed by atoms with Gasteiger partial charge in [0.15, 0.2) is 6.23 Å². The zero-order chi connectivity index (χ0) is 25.7. The Kier molecular flexibility index (Phi) is 7.98. The number of benzene rings is 1. The number of hydrogen-bond acceptors (Lipinski definition) is 7. The molecule has 0 unspecified atom stereocenters. The maximum absolute atomic E-state index is 14.2. The third-order valence-electron chi connectivity index (χ3n) is 5.65. The Morgan fingerprint density at radius 3 is 2.63 bits per heavy atom. The molecule has 0 bridgehead atoms. The van der Waals surface area contributed by atoms with E-state index < -0.39 is 36.1 Å². The number of anilines is 2. The van der Waals surface area contributed by atoms with Crippen molar-refractivity contribution in [3.63, 3.8) is 0 Å². The third-order valence-corrected chi connectivity index (χ3v) is 5.65. The molecule has 3 rings (SSSR count). The largest absolute Gasteiger partial charge is 0.424 e. The van der Waals surface area contributed by atoms with E-state index in [2.05, 4.69) is 20.9 Å². The average Bonchev–Trinajstić information content (AvgIpc) is 3.19. The lowest BCUT2D eigenvalue weighted by Crippen LogP contribution is -2.56. The Hall–Kier alpha value is -4.04. The highest BCUT2D eigenvalue weighted by atomic mass is 19.1. The zero-order valence-corrected chi connectivity index (χ0v) is 19.8. The molecule has 3 N–H and O–H groups in total. The van der Waals surface area contributed by atoms with Crippen LogP contribution in [0, 0.1) is 23.1 Å². The minimum Gasteiger partial charge on any atom is -0.424 e. The standard InChI is InChI=1S/C24H27FN6O4/c1-13(2)20(30-22(32)14(3)27-4)23(33)31-19(11-16-6-5-9-28-21(16)31)35-24(34)29-18-8-7-15(12-26)10-17(18)25/h5-10,13-14,19-20,27H,11H2,1-4H3,(H,29,34)(H,30,32)/t14-,19-,20-/m0/s1. The van der Waals surface area contributed by atoms with Gasteiger partial charge >= 0.3 is 6.09 Å². The number of carbonyl (C=O) groups excluding carboxylic acids is 3. The number of rotatable bonds is 7. The van der Waals surface area contributed by atoms with E-state index in [0.29, 0.717) is 11.4 Å². The summed E-state index contributed by atoms with van der Waals surface area (Å²) in [5.74, 6) is -1.60. The number of ether oxygens (including phenoxy) is 1. The molecule has 0 saturated carbocycles. The van der Waals surface area contributed by atoms with Gasteiger partial charge in [-0.05, 0) is 44.2 Å². The summed E-state index contributed by atoms with van der Waals surface area (Å²) in [6, 6.07) is 7.43. The van der Waals surface area contributed by atoms with Crippen LogP contribution in [0.4, 0.5) is 20.7 Å². The minimum atomic E-state index is -1.06. The normalized spacial score (nSPS) is 16.1. The van der Waals surface area contributed by atoms with Crippen molar-refractivity contribution in [2.24, 2.45) is 5.92 Å². The van der Waals surface area contributed by atoms with E-state index in [9.17, 15) is 18.8 Å². The minimum absolute atomic E-state index is 0.102. The molecule has 2 aromatic rings. The molecule has 1 aliphatic heterocycles. The predicted molar refractivity (Wildman–Crippen MR) is 126 cm³/mol. The van der Waals surface area contributed by atoms with Crippen molar-refractivity contribution in [3.8, 4) is 6.07 Å².